The fourth-order valence-corrected chi connectivity index (χ4v) is 2.93. The second-order valence-electron chi connectivity index (χ2n) is 5.16. The third-order valence-electron chi connectivity index (χ3n) is 4.06. The molecule has 0 amide bonds. The van der Waals surface area contributed by atoms with Gasteiger partial charge >= 0.3 is 0 Å². The molecule has 0 saturated carbocycles. The van der Waals surface area contributed by atoms with Gasteiger partial charge in [-0.15, -0.1) is 0 Å². The molecule has 0 heterocycles. The molecular weight excluding hydrogens is 192 g/mol. The van der Waals surface area contributed by atoms with Crippen molar-refractivity contribution in [2.24, 2.45) is 11.8 Å². The zero-order valence-electron chi connectivity index (χ0n) is 10.5. The van der Waals surface area contributed by atoms with Crippen LogP contribution in [0.2, 0.25) is 0 Å². The Morgan fingerprint density at radius 3 is 2.75 bits per heavy atom. The summed E-state index contributed by atoms with van der Waals surface area (Å²) in [6.45, 7) is 2.18. The summed E-state index contributed by atoms with van der Waals surface area (Å²) in [5.74, 6) is 1.61. The quantitative estimate of drug-likeness (QED) is 0.539. The van der Waals surface area contributed by atoms with Gasteiger partial charge in [0.15, 0.2) is 0 Å². The van der Waals surface area contributed by atoms with Gasteiger partial charge in [-0.3, -0.25) is 0 Å². The summed E-state index contributed by atoms with van der Waals surface area (Å²) in [6, 6.07) is 0. The first-order chi connectivity index (χ1) is 7.90. The summed E-state index contributed by atoms with van der Waals surface area (Å²) in [5.41, 5.74) is 1.62. The van der Waals surface area contributed by atoms with Gasteiger partial charge in [0, 0.05) is 0 Å². The summed E-state index contributed by atoms with van der Waals surface area (Å²) in [6.07, 6.45) is 21.4. The molecule has 0 radical (unpaired) electrons. The van der Waals surface area contributed by atoms with Crippen LogP contribution in [-0.2, 0) is 0 Å². The lowest BCUT2D eigenvalue weighted by molar-refractivity contribution is 0.415. The molecule has 0 heteroatoms. The van der Waals surface area contributed by atoms with Crippen LogP contribution in [0.15, 0.2) is 36.0 Å². The van der Waals surface area contributed by atoms with Crippen LogP contribution in [0.1, 0.15) is 51.9 Å². The summed E-state index contributed by atoms with van der Waals surface area (Å²) in [5, 5.41) is 0. The van der Waals surface area contributed by atoms with E-state index in [2.05, 4.69) is 37.3 Å². The number of hydrogen-bond acceptors (Lipinski definition) is 0. The largest absolute Gasteiger partial charge is 0.0882 e. The Morgan fingerprint density at radius 1 is 1.06 bits per heavy atom. The Hall–Kier alpha value is -0.780. The normalized spacial score (nSPS) is 33.7. The molecule has 0 nitrogen and oxygen atoms in total. The lowest BCUT2D eigenvalue weighted by Crippen LogP contribution is -2.09. The topological polar surface area (TPSA) is 0 Å². The van der Waals surface area contributed by atoms with Crippen molar-refractivity contribution in [3.8, 4) is 0 Å². The van der Waals surface area contributed by atoms with E-state index in [1.165, 1.54) is 44.9 Å². The summed E-state index contributed by atoms with van der Waals surface area (Å²) in [7, 11) is 0. The van der Waals surface area contributed by atoms with E-state index < -0.39 is 0 Å². The van der Waals surface area contributed by atoms with Crippen molar-refractivity contribution in [2.45, 2.75) is 51.9 Å². The van der Waals surface area contributed by atoms with Crippen LogP contribution < -0.4 is 0 Å². The van der Waals surface area contributed by atoms with Gasteiger partial charge in [-0.25, -0.2) is 0 Å². The maximum atomic E-state index is 2.49. The first kappa shape index (κ1) is 11.7. The van der Waals surface area contributed by atoms with Gasteiger partial charge in [0.05, 0.1) is 0 Å². The lowest BCUT2D eigenvalue weighted by Gasteiger charge is -2.20. The Morgan fingerprint density at radius 2 is 1.88 bits per heavy atom. The molecule has 16 heavy (non-hydrogen) atoms. The SMILES string of the molecule is CC=C1CC=CC(C2C=CCCCC2)CC1. The van der Waals surface area contributed by atoms with E-state index in [9.17, 15) is 0 Å². The van der Waals surface area contributed by atoms with Crippen LogP contribution in [0.3, 0.4) is 0 Å². The Labute approximate surface area is 100 Å². The van der Waals surface area contributed by atoms with Crippen LogP contribution in [0.4, 0.5) is 0 Å². The monoisotopic (exact) mass is 216 g/mol. The molecule has 2 rings (SSSR count). The highest BCUT2D eigenvalue weighted by molar-refractivity contribution is 5.12. The van der Waals surface area contributed by atoms with Crippen LogP contribution >= 0.6 is 0 Å². The minimum atomic E-state index is 0.798. The fourth-order valence-electron chi connectivity index (χ4n) is 2.93. The van der Waals surface area contributed by atoms with E-state index in [1.54, 1.807) is 5.57 Å². The maximum Gasteiger partial charge on any atom is -0.0139 e. The molecule has 2 atom stereocenters. The molecule has 0 spiro atoms. The van der Waals surface area contributed by atoms with E-state index in [0.29, 0.717) is 0 Å². The van der Waals surface area contributed by atoms with Gasteiger partial charge in [0.2, 0.25) is 0 Å². The number of hydrogen-bond donors (Lipinski definition) is 0. The van der Waals surface area contributed by atoms with Gasteiger partial charge in [0.25, 0.3) is 0 Å². The smallest absolute Gasteiger partial charge is 0.0139 e. The molecule has 0 bridgehead atoms. The predicted molar refractivity (Wildman–Crippen MR) is 71.3 cm³/mol. The van der Waals surface area contributed by atoms with E-state index in [4.69, 9.17) is 0 Å². The molecule has 2 aliphatic rings. The van der Waals surface area contributed by atoms with E-state index in [-0.39, 0.29) is 0 Å². The predicted octanol–water partition coefficient (Wildman–Crippen LogP) is 5.04. The second kappa shape index (κ2) is 6.08. The van der Waals surface area contributed by atoms with Gasteiger partial charge in [-0.05, 0) is 57.3 Å². The van der Waals surface area contributed by atoms with Gasteiger partial charge < -0.3 is 0 Å². The maximum absolute atomic E-state index is 2.49. The van der Waals surface area contributed by atoms with Crippen molar-refractivity contribution in [1.82, 2.24) is 0 Å². The van der Waals surface area contributed by atoms with Crippen molar-refractivity contribution < 1.29 is 0 Å². The molecule has 0 aromatic carbocycles. The van der Waals surface area contributed by atoms with Crippen molar-refractivity contribution >= 4 is 0 Å². The number of rotatable bonds is 1. The first-order valence-electron chi connectivity index (χ1n) is 6.87. The lowest BCUT2D eigenvalue weighted by atomic mass is 9.85. The second-order valence-corrected chi connectivity index (χ2v) is 5.16. The number of allylic oxidation sites excluding steroid dienone is 6. The molecule has 0 N–H and O–H groups in total. The van der Waals surface area contributed by atoms with Crippen LogP contribution in [0.25, 0.3) is 0 Å². The molecule has 0 aromatic rings. The van der Waals surface area contributed by atoms with Gasteiger partial charge in [-0.1, -0.05) is 42.4 Å². The highest BCUT2D eigenvalue weighted by atomic mass is 14.2. The Kier molecular flexibility index (Phi) is 4.44. The molecule has 0 fully saturated rings. The fraction of sp³-hybridized carbons (Fsp3) is 0.625. The highest BCUT2D eigenvalue weighted by Crippen LogP contribution is 2.32. The van der Waals surface area contributed by atoms with E-state index in [0.717, 1.165) is 11.8 Å². The summed E-state index contributed by atoms with van der Waals surface area (Å²) >= 11 is 0. The average molecular weight is 216 g/mol. The molecule has 0 aliphatic heterocycles. The third kappa shape index (κ3) is 3.10. The standard InChI is InChI=1S/C16H24/c1-2-14-8-7-11-16(13-12-14)15-9-5-3-4-6-10-15/h2,5,7,9,11,15-16H,3-4,6,8,10,12-13H2,1H3. The first-order valence-corrected chi connectivity index (χ1v) is 6.87. The van der Waals surface area contributed by atoms with Crippen molar-refractivity contribution in [3.05, 3.63) is 36.0 Å². The molecule has 2 aliphatic carbocycles. The van der Waals surface area contributed by atoms with Gasteiger partial charge in [-0.2, -0.15) is 0 Å². The summed E-state index contributed by atoms with van der Waals surface area (Å²) < 4.78 is 0. The zero-order chi connectivity index (χ0) is 11.2. The van der Waals surface area contributed by atoms with Crippen molar-refractivity contribution in [1.29, 1.82) is 0 Å². The highest BCUT2D eigenvalue weighted by Gasteiger charge is 2.19. The molecule has 0 saturated heterocycles. The van der Waals surface area contributed by atoms with Gasteiger partial charge in [0.1, 0.15) is 0 Å². The molecule has 2 unspecified atom stereocenters. The minimum Gasteiger partial charge on any atom is -0.0882 e. The minimum absolute atomic E-state index is 0.798. The molecule has 0 aromatic heterocycles. The third-order valence-corrected chi connectivity index (χ3v) is 4.06. The van der Waals surface area contributed by atoms with E-state index in [1.807, 2.05) is 0 Å². The van der Waals surface area contributed by atoms with Crippen molar-refractivity contribution in [3.63, 3.8) is 0 Å². The Bertz CT molecular complexity index is 293. The van der Waals surface area contributed by atoms with Crippen LogP contribution in [-0.4, -0.2) is 0 Å². The van der Waals surface area contributed by atoms with E-state index >= 15 is 0 Å². The average Bonchev–Trinajstić information content (AvgIpc) is 2.71. The van der Waals surface area contributed by atoms with Crippen LogP contribution in [0, 0.1) is 11.8 Å². The summed E-state index contributed by atoms with van der Waals surface area (Å²) in [4.78, 5) is 0. The molecule has 88 valence electrons. The molecular formula is C16H24. The van der Waals surface area contributed by atoms with Crippen LogP contribution in [0.5, 0.6) is 0 Å². The van der Waals surface area contributed by atoms with Crippen molar-refractivity contribution in [2.75, 3.05) is 0 Å². The Balaban J connectivity index is 1.98. The zero-order valence-corrected chi connectivity index (χ0v) is 10.5.